The lowest BCUT2D eigenvalue weighted by Gasteiger charge is -2.11. The highest BCUT2D eigenvalue weighted by Gasteiger charge is 2.04. The molecule has 0 heterocycles. The molecule has 0 unspecified atom stereocenters. The topological polar surface area (TPSA) is 21.3 Å². The second-order valence-electron chi connectivity index (χ2n) is 5.26. The van der Waals surface area contributed by atoms with E-state index in [4.69, 9.17) is 16.3 Å². The van der Waals surface area contributed by atoms with Crippen LogP contribution in [0.3, 0.4) is 0 Å². The summed E-state index contributed by atoms with van der Waals surface area (Å²) in [7, 11) is 0. The molecule has 3 aromatic rings. The average molecular weight is 324 g/mol. The Balaban J connectivity index is 1.59. The van der Waals surface area contributed by atoms with Gasteiger partial charge >= 0.3 is 0 Å². The van der Waals surface area contributed by atoms with Gasteiger partial charge in [0.1, 0.15) is 12.4 Å². The van der Waals surface area contributed by atoms with Gasteiger partial charge < -0.3 is 10.1 Å². The highest BCUT2D eigenvalue weighted by molar-refractivity contribution is 6.32. The normalized spacial score (nSPS) is 10.3. The van der Waals surface area contributed by atoms with Crippen LogP contribution in [0, 0.1) is 0 Å². The third kappa shape index (κ3) is 4.51. The summed E-state index contributed by atoms with van der Waals surface area (Å²) in [6, 6.07) is 26.1. The third-order valence-electron chi connectivity index (χ3n) is 3.50. The molecule has 0 aliphatic rings. The molecule has 116 valence electrons. The summed E-state index contributed by atoms with van der Waals surface area (Å²) in [6.45, 7) is 1.24. The molecule has 0 spiro atoms. The fraction of sp³-hybridized carbons (Fsp3) is 0.100. The molecular formula is C20H18ClNO. The molecule has 0 bridgehead atoms. The number of para-hydroxylation sites is 1. The fourth-order valence-electron chi connectivity index (χ4n) is 2.27. The van der Waals surface area contributed by atoms with Crippen LogP contribution in [0.2, 0.25) is 5.02 Å². The summed E-state index contributed by atoms with van der Waals surface area (Å²) >= 11 is 6.32. The summed E-state index contributed by atoms with van der Waals surface area (Å²) in [5.41, 5.74) is 3.33. The smallest absolute Gasteiger partial charge is 0.138 e. The minimum Gasteiger partial charge on any atom is -0.487 e. The molecule has 0 amide bonds. The van der Waals surface area contributed by atoms with Gasteiger partial charge in [-0.15, -0.1) is 0 Å². The van der Waals surface area contributed by atoms with E-state index in [1.165, 1.54) is 0 Å². The Morgan fingerprint density at radius 1 is 0.783 bits per heavy atom. The van der Waals surface area contributed by atoms with Gasteiger partial charge in [0.2, 0.25) is 0 Å². The maximum absolute atomic E-state index is 6.32. The van der Waals surface area contributed by atoms with Crippen molar-refractivity contribution in [2.75, 3.05) is 5.32 Å². The molecular weight excluding hydrogens is 306 g/mol. The van der Waals surface area contributed by atoms with Crippen molar-refractivity contribution in [3.63, 3.8) is 0 Å². The van der Waals surface area contributed by atoms with Crippen molar-refractivity contribution in [2.45, 2.75) is 13.2 Å². The van der Waals surface area contributed by atoms with E-state index in [0.29, 0.717) is 17.4 Å². The van der Waals surface area contributed by atoms with Gasteiger partial charge in [-0.1, -0.05) is 66.2 Å². The number of ether oxygens (including phenoxy) is 1. The molecule has 0 saturated heterocycles. The van der Waals surface area contributed by atoms with Crippen LogP contribution in [0.25, 0.3) is 0 Å². The van der Waals surface area contributed by atoms with Crippen LogP contribution in [-0.2, 0) is 13.2 Å². The monoisotopic (exact) mass is 323 g/mol. The second kappa shape index (κ2) is 7.70. The van der Waals surface area contributed by atoms with Crippen molar-refractivity contribution < 1.29 is 4.74 Å². The molecule has 0 radical (unpaired) electrons. The first-order valence-corrected chi connectivity index (χ1v) is 7.93. The van der Waals surface area contributed by atoms with Gasteiger partial charge in [0.05, 0.1) is 5.02 Å². The summed E-state index contributed by atoms with van der Waals surface area (Å²) in [5, 5.41) is 4.00. The van der Waals surface area contributed by atoms with Gasteiger partial charge in [-0.3, -0.25) is 0 Å². The lowest BCUT2D eigenvalue weighted by atomic mass is 10.2. The van der Waals surface area contributed by atoms with Gasteiger partial charge in [0.25, 0.3) is 0 Å². The van der Waals surface area contributed by atoms with Gasteiger partial charge in [-0.2, -0.15) is 0 Å². The SMILES string of the molecule is Clc1cc(CNc2ccccc2)ccc1OCc1ccccc1. The van der Waals surface area contributed by atoms with Crippen LogP contribution in [0.5, 0.6) is 5.75 Å². The van der Waals surface area contributed by atoms with Crippen LogP contribution in [0.15, 0.2) is 78.9 Å². The van der Waals surface area contributed by atoms with E-state index in [1.54, 1.807) is 0 Å². The summed E-state index contributed by atoms with van der Waals surface area (Å²) < 4.78 is 5.79. The van der Waals surface area contributed by atoms with E-state index in [1.807, 2.05) is 78.9 Å². The van der Waals surface area contributed by atoms with Crippen molar-refractivity contribution in [3.05, 3.63) is 95.0 Å². The van der Waals surface area contributed by atoms with E-state index < -0.39 is 0 Å². The van der Waals surface area contributed by atoms with Crippen molar-refractivity contribution in [1.29, 1.82) is 0 Å². The number of halogens is 1. The van der Waals surface area contributed by atoms with E-state index in [9.17, 15) is 0 Å². The lowest BCUT2D eigenvalue weighted by molar-refractivity contribution is 0.306. The summed E-state index contributed by atoms with van der Waals surface area (Å²) in [6.07, 6.45) is 0. The molecule has 0 fully saturated rings. The first-order valence-electron chi connectivity index (χ1n) is 7.55. The Bertz CT molecular complexity index is 744. The summed E-state index contributed by atoms with van der Waals surface area (Å²) in [4.78, 5) is 0. The van der Waals surface area contributed by atoms with Crippen LogP contribution in [-0.4, -0.2) is 0 Å². The number of hydrogen-bond acceptors (Lipinski definition) is 2. The van der Waals surface area contributed by atoms with Crippen LogP contribution >= 0.6 is 11.6 Å². The quantitative estimate of drug-likeness (QED) is 0.644. The lowest BCUT2D eigenvalue weighted by Crippen LogP contribution is -2.00. The highest BCUT2D eigenvalue weighted by Crippen LogP contribution is 2.26. The Kier molecular flexibility index (Phi) is 5.17. The van der Waals surface area contributed by atoms with Gasteiger partial charge in [0, 0.05) is 12.2 Å². The van der Waals surface area contributed by atoms with Crippen molar-refractivity contribution in [1.82, 2.24) is 0 Å². The van der Waals surface area contributed by atoms with E-state index in [0.717, 1.165) is 23.4 Å². The summed E-state index contributed by atoms with van der Waals surface area (Å²) in [5.74, 6) is 0.707. The van der Waals surface area contributed by atoms with Crippen LogP contribution < -0.4 is 10.1 Å². The molecule has 0 aromatic heterocycles. The maximum atomic E-state index is 6.32. The fourth-order valence-corrected chi connectivity index (χ4v) is 2.52. The maximum Gasteiger partial charge on any atom is 0.138 e. The standard InChI is InChI=1S/C20H18ClNO/c21-19-13-17(14-22-18-9-5-2-6-10-18)11-12-20(19)23-15-16-7-3-1-4-8-16/h1-13,22H,14-15H2. The first-order chi connectivity index (χ1) is 11.3. The predicted octanol–water partition coefficient (Wildman–Crippen LogP) is 5.53. The molecule has 23 heavy (non-hydrogen) atoms. The second-order valence-corrected chi connectivity index (χ2v) is 5.67. The Hall–Kier alpha value is -2.45. The predicted molar refractivity (Wildman–Crippen MR) is 96.0 cm³/mol. The Morgan fingerprint density at radius 3 is 2.17 bits per heavy atom. The average Bonchev–Trinajstić information content (AvgIpc) is 2.61. The van der Waals surface area contributed by atoms with Crippen molar-refractivity contribution in [2.24, 2.45) is 0 Å². The zero-order valence-corrected chi connectivity index (χ0v) is 13.5. The minimum absolute atomic E-state index is 0.516. The van der Waals surface area contributed by atoms with Gasteiger partial charge in [-0.05, 0) is 35.4 Å². The Morgan fingerprint density at radius 2 is 1.48 bits per heavy atom. The molecule has 3 rings (SSSR count). The van der Waals surface area contributed by atoms with Gasteiger partial charge in [0.15, 0.2) is 0 Å². The first kappa shape index (κ1) is 15.4. The molecule has 0 atom stereocenters. The van der Waals surface area contributed by atoms with E-state index in [-0.39, 0.29) is 0 Å². The zero-order valence-electron chi connectivity index (χ0n) is 12.7. The molecule has 0 aliphatic carbocycles. The minimum atomic E-state index is 0.516. The number of nitrogens with one attached hydrogen (secondary N) is 1. The number of benzene rings is 3. The third-order valence-corrected chi connectivity index (χ3v) is 3.80. The van der Waals surface area contributed by atoms with Crippen molar-refractivity contribution >= 4 is 17.3 Å². The molecule has 3 aromatic carbocycles. The Labute approximate surface area is 141 Å². The molecule has 3 heteroatoms. The van der Waals surface area contributed by atoms with Gasteiger partial charge in [-0.25, -0.2) is 0 Å². The number of hydrogen-bond donors (Lipinski definition) is 1. The highest BCUT2D eigenvalue weighted by atomic mass is 35.5. The molecule has 0 aliphatic heterocycles. The van der Waals surface area contributed by atoms with Crippen molar-refractivity contribution in [3.8, 4) is 5.75 Å². The van der Waals surface area contributed by atoms with Crippen LogP contribution in [0.1, 0.15) is 11.1 Å². The molecule has 1 N–H and O–H groups in total. The van der Waals surface area contributed by atoms with Crippen LogP contribution in [0.4, 0.5) is 5.69 Å². The number of anilines is 1. The van der Waals surface area contributed by atoms with E-state index >= 15 is 0 Å². The molecule has 0 saturated carbocycles. The zero-order chi connectivity index (χ0) is 15.9. The van der Waals surface area contributed by atoms with E-state index in [2.05, 4.69) is 5.32 Å². The largest absolute Gasteiger partial charge is 0.487 e. The molecule has 2 nitrogen and oxygen atoms in total. The number of rotatable bonds is 6.